The molecule has 0 radical (unpaired) electrons. The number of carbonyl (C=O) groups excluding carboxylic acids is 1. The summed E-state index contributed by atoms with van der Waals surface area (Å²) in [6.07, 6.45) is 8.29. The van der Waals surface area contributed by atoms with Crippen molar-refractivity contribution in [1.82, 2.24) is 10.3 Å². The maximum atomic E-state index is 13.0. The van der Waals surface area contributed by atoms with Crippen molar-refractivity contribution in [3.63, 3.8) is 0 Å². The highest BCUT2D eigenvalue weighted by molar-refractivity contribution is 5.94. The molecule has 0 spiro atoms. The third-order valence-corrected chi connectivity index (χ3v) is 8.07. The number of carbonyl (C=O) groups is 1. The minimum Gasteiger partial charge on any atom is -0.378 e. The molecule has 1 aromatic carbocycles. The Morgan fingerprint density at radius 1 is 1.19 bits per heavy atom. The van der Waals surface area contributed by atoms with E-state index in [9.17, 15) is 4.79 Å². The van der Waals surface area contributed by atoms with Crippen molar-refractivity contribution >= 4 is 11.6 Å². The smallest absolute Gasteiger partial charge is 0.253 e. The van der Waals surface area contributed by atoms with E-state index in [1.165, 1.54) is 40.9 Å². The number of benzene rings is 1. The van der Waals surface area contributed by atoms with E-state index in [4.69, 9.17) is 10.5 Å². The Balaban J connectivity index is 1.12. The van der Waals surface area contributed by atoms with E-state index in [-0.39, 0.29) is 24.1 Å². The van der Waals surface area contributed by atoms with Crippen LogP contribution in [0.3, 0.4) is 0 Å². The van der Waals surface area contributed by atoms with Gasteiger partial charge in [-0.3, -0.25) is 9.78 Å². The molecular weight excluding hydrogens is 400 g/mol. The summed E-state index contributed by atoms with van der Waals surface area (Å²) < 4.78 is 5.50. The first-order valence-corrected chi connectivity index (χ1v) is 12.0. The molecule has 2 fully saturated rings. The number of nitrogens with two attached hydrogens (primary N) is 1. The predicted octanol–water partition coefficient (Wildman–Crippen LogP) is 2.58. The highest BCUT2D eigenvalue weighted by atomic mass is 16.5. The highest BCUT2D eigenvalue weighted by Gasteiger charge is 2.42. The number of ether oxygens (including phenoxy) is 1. The summed E-state index contributed by atoms with van der Waals surface area (Å²) in [6, 6.07) is 9.05. The number of nitrogens with zero attached hydrogens (tertiary/aromatic N) is 2. The van der Waals surface area contributed by atoms with E-state index in [2.05, 4.69) is 39.5 Å². The molecule has 0 unspecified atom stereocenters. The predicted molar refractivity (Wildman–Crippen MR) is 124 cm³/mol. The lowest BCUT2D eigenvalue weighted by atomic mass is 9.87. The van der Waals surface area contributed by atoms with Gasteiger partial charge in [-0.2, -0.15) is 0 Å². The van der Waals surface area contributed by atoms with Gasteiger partial charge in [-0.25, -0.2) is 0 Å². The molecular formula is C26H32N4O2. The summed E-state index contributed by atoms with van der Waals surface area (Å²) in [6.45, 7) is 1.66. The van der Waals surface area contributed by atoms with Crippen LogP contribution in [0, 0.1) is 5.92 Å². The zero-order valence-corrected chi connectivity index (χ0v) is 18.7. The first-order valence-electron chi connectivity index (χ1n) is 12.0. The Kier molecular flexibility index (Phi) is 4.95. The molecule has 0 bridgehead atoms. The first-order chi connectivity index (χ1) is 15.6. The molecule has 6 rings (SSSR count). The summed E-state index contributed by atoms with van der Waals surface area (Å²) in [4.78, 5) is 19.9. The molecule has 2 heterocycles. The number of methoxy groups -OCH3 is 1. The molecule has 1 saturated heterocycles. The molecule has 1 amide bonds. The summed E-state index contributed by atoms with van der Waals surface area (Å²) in [5.41, 5.74) is 13.4. The Bertz CT molecular complexity index is 1050. The van der Waals surface area contributed by atoms with Gasteiger partial charge in [0.2, 0.25) is 0 Å². The molecule has 1 aromatic heterocycles. The molecule has 5 atom stereocenters. The van der Waals surface area contributed by atoms with E-state index in [0.717, 1.165) is 50.3 Å². The standard InChI is InChI=1S/C26H32N4O2/c1-32-25-14-30(13-23(25)27)20-6-3-15-8-19(5-2-16(15)9-20)29-26(31)18-11-22-21-10-17(21)4-7-24(22)28-12-18/h3,6,9,11-12,17,19,21,23,25H,2,4-5,7-8,10,13-14,27H2,1H3,(H,29,31)/t17-,19+,21+,23+,25+/m1/s1. The van der Waals surface area contributed by atoms with Gasteiger partial charge in [-0.15, -0.1) is 0 Å². The van der Waals surface area contributed by atoms with Gasteiger partial charge in [0, 0.05) is 43.8 Å². The number of rotatable bonds is 4. The van der Waals surface area contributed by atoms with Gasteiger partial charge in [0.15, 0.2) is 0 Å². The first kappa shape index (κ1) is 20.2. The van der Waals surface area contributed by atoms with Crippen LogP contribution in [0.15, 0.2) is 30.5 Å². The van der Waals surface area contributed by atoms with E-state index in [1.54, 1.807) is 13.3 Å². The monoisotopic (exact) mass is 432 g/mol. The van der Waals surface area contributed by atoms with E-state index in [0.29, 0.717) is 5.92 Å². The van der Waals surface area contributed by atoms with Crippen LogP contribution < -0.4 is 16.0 Å². The lowest BCUT2D eigenvalue weighted by Crippen LogP contribution is -2.39. The Morgan fingerprint density at radius 3 is 2.94 bits per heavy atom. The van der Waals surface area contributed by atoms with Gasteiger partial charge in [0.25, 0.3) is 5.91 Å². The van der Waals surface area contributed by atoms with Crippen molar-refractivity contribution in [2.45, 2.75) is 62.6 Å². The molecule has 4 aliphatic rings. The average molecular weight is 433 g/mol. The maximum Gasteiger partial charge on any atom is 0.253 e. The summed E-state index contributed by atoms with van der Waals surface area (Å²) in [7, 11) is 1.73. The van der Waals surface area contributed by atoms with Crippen molar-refractivity contribution < 1.29 is 9.53 Å². The fourth-order valence-electron chi connectivity index (χ4n) is 6.02. The van der Waals surface area contributed by atoms with Crippen LogP contribution in [0.2, 0.25) is 0 Å². The van der Waals surface area contributed by atoms with Gasteiger partial charge in [0.1, 0.15) is 0 Å². The van der Waals surface area contributed by atoms with Crippen LogP contribution in [0.4, 0.5) is 5.69 Å². The molecule has 3 aliphatic carbocycles. The van der Waals surface area contributed by atoms with Crippen LogP contribution in [0.1, 0.15) is 57.9 Å². The number of hydrogen-bond acceptors (Lipinski definition) is 5. The molecule has 1 saturated carbocycles. The number of hydrogen-bond donors (Lipinski definition) is 2. The quantitative estimate of drug-likeness (QED) is 0.776. The van der Waals surface area contributed by atoms with Crippen LogP contribution in [0.5, 0.6) is 0 Å². The Labute approximate surface area is 189 Å². The van der Waals surface area contributed by atoms with Crippen LogP contribution in [-0.4, -0.2) is 49.3 Å². The van der Waals surface area contributed by atoms with Crippen LogP contribution >= 0.6 is 0 Å². The van der Waals surface area contributed by atoms with E-state index in [1.807, 2.05) is 0 Å². The number of aryl methyl sites for hydroxylation is 2. The number of amides is 1. The van der Waals surface area contributed by atoms with Crippen molar-refractivity contribution in [2.24, 2.45) is 11.7 Å². The third kappa shape index (κ3) is 3.59. The second kappa shape index (κ2) is 7.85. The summed E-state index contributed by atoms with van der Waals surface area (Å²) in [5.74, 6) is 1.50. The van der Waals surface area contributed by atoms with E-state index >= 15 is 0 Å². The van der Waals surface area contributed by atoms with Gasteiger partial charge >= 0.3 is 0 Å². The zero-order chi connectivity index (χ0) is 21.8. The van der Waals surface area contributed by atoms with Crippen LogP contribution in [-0.2, 0) is 24.0 Å². The Morgan fingerprint density at radius 2 is 2.09 bits per heavy atom. The van der Waals surface area contributed by atoms with Crippen molar-refractivity contribution in [3.05, 3.63) is 58.4 Å². The minimum atomic E-state index is 0.0183. The van der Waals surface area contributed by atoms with Crippen molar-refractivity contribution in [3.8, 4) is 0 Å². The molecule has 6 heteroatoms. The average Bonchev–Trinajstić information content (AvgIpc) is 3.52. The number of anilines is 1. The largest absolute Gasteiger partial charge is 0.378 e. The second-order valence-corrected chi connectivity index (χ2v) is 10.1. The third-order valence-electron chi connectivity index (χ3n) is 8.07. The normalized spacial score (nSPS) is 30.3. The van der Waals surface area contributed by atoms with E-state index < -0.39 is 0 Å². The maximum absolute atomic E-state index is 13.0. The van der Waals surface area contributed by atoms with Crippen molar-refractivity contribution in [2.75, 3.05) is 25.1 Å². The SMILES string of the molecule is CO[C@H]1CN(c2ccc3c(c2)CC[C@H](NC(=O)c2cnc4c(c2)[C@H]2C[C@H]2CC4)C3)C[C@@H]1N. The molecule has 1 aliphatic heterocycles. The number of pyridine rings is 1. The van der Waals surface area contributed by atoms with Gasteiger partial charge < -0.3 is 20.7 Å². The lowest BCUT2D eigenvalue weighted by Gasteiger charge is -2.27. The zero-order valence-electron chi connectivity index (χ0n) is 18.7. The molecule has 168 valence electrons. The van der Waals surface area contributed by atoms with Gasteiger partial charge in [0.05, 0.1) is 17.7 Å². The number of aromatic nitrogens is 1. The second-order valence-electron chi connectivity index (χ2n) is 10.1. The summed E-state index contributed by atoms with van der Waals surface area (Å²) in [5, 5.41) is 3.28. The summed E-state index contributed by atoms with van der Waals surface area (Å²) >= 11 is 0. The van der Waals surface area contributed by atoms with Gasteiger partial charge in [-0.1, -0.05) is 6.07 Å². The highest BCUT2D eigenvalue weighted by Crippen LogP contribution is 2.54. The number of fused-ring (bicyclic) bond motifs is 4. The van der Waals surface area contributed by atoms with Gasteiger partial charge in [-0.05, 0) is 85.3 Å². The topological polar surface area (TPSA) is 80.5 Å². The molecule has 32 heavy (non-hydrogen) atoms. The van der Waals surface area contributed by atoms with Crippen molar-refractivity contribution in [1.29, 1.82) is 0 Å². The minimum absolute atomic E-state index is 0.0183. The Hall–Kier alpha value is -2.44. The fraction of sp³-hybridized carbons (Fsp3) is 0.538. The molecule has 6 nitrogen and oxygen atoms in total. The number of nitrogens with one attached hydrogen (secondary N) is 1. The molecule has 2 aromatic rings. The van der Waals surface area contributed by atoms with Crippen LogP contribution in [0.25, 0.3) is 0 Å². The molecule has 3 N–H and O–H groups in total. The fourth-order valence-corrected chi connectivity index (χ4v) is 6.02. The lowest BCUT2D eigenvalue weighted by molar-refractivity contribution is 0.0933.